The number of rotatable bonds is 4. The topological polar surface area (TPSA) is 50.1 Å². The fourth-order valence-corrected chi connectivity index (χ4v) is 1.73. The van der Waals surface area contributed by atoms with E-state index in [4.69, 9.17) is 5.26 Å². The number of carbonyl (C=O) groups excluding carboxylic acids is 1. The number of benzene rings is 2. The van der Waals surface area contributed by atoms with E-state index in [0.717, 1.165) is 11.1 Å². The van der Waals surface area contributed by atoms with Gasteiger partial charge < -0.3 is 4.74 Å². The van der Waals surface area contributed by atoms with Gasteiger partial charge in [0.05, 0.1) is 13.2 Å². The lowest BCUT2D eigenvalue weighted by molar-refractivity contribution is -0.136. The molecule has 0 amide bonds. The van der Waals surface area contributed by atoms with E-state index < -0.39 is 0 Å². The van der Waals surface area contributed by atoms with E-state index in [-0.39, 0.29) is 5.97 Å². The molecule has 0 fully saturated rings. The fraction of sp³-hybridized carbons (Fsp3) is 0.120. The molecule has 3 heteroatoms. The SMILES string of the molecule is C=C(C)C(=O)OC.C=C(C)c1ccccc1.N#CC=CC=Cc1ccccc1. The highest BCUT2D eigenvalue weighted by Crippen LogP contribution is 2.08. The Morgan fingerprint density at radius 2 is 1.50 bits per heavy atom. The smallest absolute Gasteiger partial charge is 0.332 e. The predicted molar refractivity (Wildman–Crippen MR) is 118 cm³/mol. The van der Waals surface area contributed by atoms with Crippen molar-refractivity contribution in [3.05, 3.63) is 109 Å². The van der Waals surface area contributed by atoms with Crippen LogP contribution in [0.1, 0.15) is 25.0 Å². The number of carbonyl (C=O) groups is 1. The van der Waals surface area contributed by atoms with E-state index >= 15 is 0 Å². The Labute approximate surface area is 168 Å². The zero-order chi connectivity index (χ0) is 21.2. The lowest BCUT2D eigenvalue weighted by Crippen LogP contribution is -1.98. The number of hydrogen-bond donors (Lipinski definition) is 0. The maximum atomic E-state index is 10.2. The summed E-state index contributed by atoms with van der Waals surface area (Å²) in [4.78, 5) is 10.2. The maximum absolute atomic E-state index is 10.2. The quantitative estimate of drug-likeness (QED) is 0.276. The van der Waals surface area contributed by atoms with Gasteiger partial charge in [-0.25, -0.2) is 4.79 Å². The molecular formula is C25H27NO2. The van der Waals surface area contributed by atoms with E-state index in [2.05, 4.69) is 30.0 Å². The molecule has 0 saturated carbocycles. The number of esters is 1. The van der Waals surface area contributed by atoms with Crippen LogP contribution in [-0.4, -0.2) is 13.1 Å². The maximum Gasteiger partial charge on any atom is 0.332 e. The van der Waals surface area contributed by atoms with Crippen LogP contribution < -0.4 is 0 Å². The van der Waals surface area contributed by atoms with Gasteiger partial charge in [0.1, 0.15) is 0 Å². The van der Waals surface area contributed by atoms with Gasteiger partial charge in [-0.1, -0.05) is 97.6 Å². The third-order valence-electron chi connectivity index (χ3n) is 3.17. The van der Waals surface area contributed by atoms with Crippen molar-refractivity contribution in [3.63, 3.8) is 0 Å². The average Bonchev–Trinajstić information content (AvgIpc) is 2.73. The van der Waals surface area contributed by atoms with Crippen molar-refractivity contribution in [2.45, 2.75) is 13.8 Å². The molecule has 0 N–H and O–H groups in total. The molecule has 0 aliphatic heterocycles. The minimum atomic E-state index is -0.347. The van der Waals surface area contributed by atoms with Crippen LogP contribution in [0.4, 0.5) is 0 Å². The molecule has 0 unspecified atom stereocenters. The normalized spacial score (nSPS) is 9.36. The Kier molecular flexibility index (Phi) is 13.6. The van der Waals surface area contributed by atoms with Crippen molar-refractivity contribution in [1.82, 2.24) is 0 Å². The third-order valence-corrected chi connectivity index (χ3v) is 3.17. The highest BCUT2D eigenvalue weighted by molar-refractivity contribution is 5.86. The molecule has 0 radical (unpaired) electrons. The largest absolute Gasteiger partial charge is 0.466 e. The molecule has 144 valence electrons. The van der Waals surface area contributed by atoms with Crippen LogP contribution in [-0.2, 0) is 9.53 Å². The fourth-order valence-electron chi connectivity index (χ4n) is 1.73. The van der Waals surface area contributed by atoms with E-state index in [0.29, 0.717) is 5.57 Å². The predicted octanol–water partition coefficient (Wildman–Crippen LogP) is 6.23. The molecule has 2 aromatic rings. The van der Waals surface area contributed by atoms with Crippen molar-refractivity contribution in [1.29, 1.82) is 5.26 Å². The third kappa shape index (κ3) is 12.7. The van der Waals surface area contributed by atoms with E-state index in [1.54, 1.807) is 13.0 Å². The van der Waals surface area contributed by atoms with Gasteiger partial charge in [0.25, 0.3) is 0 Å². The second-order valence-corrected chi connectivity index (χ2v) is 5.68. The van der Waals surface area contributed by atoms with Gasteiger partial charge >= 0.3 is 5.97 Å². The van der Waals surface area contributed by atoms with Crippen LogP contribution in [0.3, 0.4) is 0 Å². The zero-order valence-electron chi connectivity index (χ0n) is 16.8. The first-order valence-corrected chi connectivity index (χ1v) is 8.65. The molecule has 0 saturated heterocycles. The van der Waals surface area contributed by atoms with Crippen LogP contribution in [0.15, 0.2) is 97.6 Å². The highest BCUT2D eigenvalue weighted by atomic mass is 16.5. The standard InChI is InChI=1S/C11H9N.C9H10.C5H8O2/c12-10-6-2-5-9-11-7-3-1-4-8-11;1-8(2)9-6-4-3-5-7-9;1-4(2)5(6)7-3/h1-9H;3-7H,1H2,2H3;1H2,2-3H3. The first-order chi connectivity index (χ1) is 13.4. The van der Waals surface area contributed by atoms with Crippen molar-refractivity contribution in [3.8, 4) is 6.07 Å². The summed E-state index contributed by atoms with van der Waals surface area (Å²) < 4.78 is 4.27. The van der Waals surface area contributed by atoms with Gasteiger partial charge in [0.15, 0.2) is 0 Å². The van der Waals surface area contributed by atoms with E-state index in [1.165, 1.54) is 18.7 Å². The molecule has 0 spiro atoms. The van der Waals surface area contributed by atoms with Crippen molar-refractivity contribution in [2.24, 2.45) is 0 Å². The minimum Gasteiger partial charge on any atom is -0.466 e. The van der Waals surface area contributed by atoms with Gasteiger partial charge in [0, 0.05) is 11.6 Å². The first kappa shape index (κ1) is 24.4. The van der Waals surface area contributed by atoms with Gasteiger partial charge in [0.2, 0.25) is 0 Å². The van der Waals surface area contributed by atoms with Crippen molar-refractivity contribution < 1.29 is 9.53 Å². The van der Waals surface area contributed by atoms with Crippen molar-refractivity contribution >= 4 is 17.6 Å². The summed E-state index contributed by atoms with van der Waals surface area (Å²) in [5.74, 6) is -0.347. The summed E-state index contributed by atoms with van der Waals surface area (Å²) in [6, 6.07) is 22.0. The molecule has 28 heavy (non-hydrogen) atoms. The summed E-state index contributed by atoms with van der Waals surface area (Å²) in [6.45, 7) is 10.8. The van der Waals surface area contributed by atoms with E-state index in [9.17, 15) is 4.79 Å². The molecule has 3 nitrogen and oxygen atoms in total. The summed E-state index contributed by atoms with van der Waals surface area (Å²) in [6.07, 6.45) is 6.96. The van der Waals surface area contributed by atoms with Gasteiger partial charge in [-0.05, 0) is 25.0 Å². The van der Waals surface area contributed by atoms with Crippen LogP contribution in [0.25, 0.3) is 11.6 Å². The summed E-state index contributed by atoms with van der Waals surface area (Å²) in [5, 5.41) is 8.19. The number of hydrogen-bond acceptors (Lipinski definition) is 3. The molecule has 0 bridgehead atoms. The molecule has 0 aliphatic carbocycles. The summed E-state index contributed by atoms with van der Waals surface area (Å²) >= 11 is 0. The molecule has 2 aromatic carbocycles. The van der Waals surface area contributed by atoms with Gasteiger partial charge in [-0.2, -0.15) is 5.26 Å². The first-order valence-electron chi connectivity index (χ1n) is 8.65. The van der Waals surface area contributed by atoms with Crippen LogP contribution in [0.5, 0.6) is 0 Å². The zero-order valence-corrected chi connectivity index (χ0v) is 16.8. The molecule has 0 aliphatic rings. The van der Waals surface area contributed by atoms with Gasteiger partial charge in [-0.15, -0.1) is 0 Å². The van der Waals surface area contributed by atoms with Crippen LogP contribution >= 0.6 is 0 Å². The second-order valence-electron chi connectivity index (χ2n) is 5.68. The van der Waals surface area contributed by atoms with Crippen LogP contribution in [0, 0.1) is 11.3 Å². The summed E-state index contributed by atoms with van der Waals surface area (Å²) in [5.41, 5.74) is 3.91. The lowest BCUT2D eigenvalue weighted by atomic mass is 10.1. The number of methoxy groups -OCH3 is 1. The Morgan fingerprint density at radius 3 is 1.86 bits per heavy atom. The molecule has 0 aromatic heterocycles. The number of allylic oxidation sites excluding steroid dienone is 4. The van der Waals surface area contributed by atoms with E-state index in [1.807, 2.05) is 73.7 Å². The lowest BCUT2D eigenvalue weighted by Gasteiger charge is -1.94. The molecule has 2 rings (SSSR count). The highest BCUT2D eigenvalue weighted by Gasteiger charge is 1.95. The molecular weight excluding hydrogens is 346 g/mol. The number of nitrogens with zero attached hydrogens (tertiary/aromatic N) is 1. The Hall–Kier alpha value is -3.64. The Bertz CT molecular complexity index is 826. The molecule has 0 atom stereocenters. The Morgan fingerprint density at radius 1 is 0.964 bits per heavy atom. The van der Waals surface area contributed by atoms with Crippen LogP contribution in [0.2, 0.25) is 0 Å². The number of ether oxygens (including phenoxy) is 1. The minimum absolute atomic E-state index is 0.347. The summed E-state index contributed by atoms with van der Waals surface area (Å²) in [7, 11) is 1.33. The monoisotopic (exact) mass is 373 g/mol. The second kappa shape index (κ2) is 15.6. The average molecular weight is 373 g/mol. The van der Waals surface area contributed by atoms with Gasteiger partial charge in [-0.3, -0.25) is 0 Å². The van der Waals surface area contributed by atoms with Crippen molar-refractivity contribution in [2.75, 3.05) is 7.11 Å². The molecule has 0 heterocycles. The number of nitriles is 1. The Balaban J connectivity index is 0.000000408.